The van der Waals surface area contributed by atoms with E-state index in [1.54, 1.807) is 6.92 Å². The summed E-state index contributed by atoms with van der Waals surface area (Å²) in [4.78, 5) is 7.59. The summed E-state index contributed by atoms with van der Waals surface area (Å²) in [5, 5.41) is 6.85. The molecular weight excluding hydrogens is 363 g/mol. The maximum atomic E-state index is 13.6. The minimum atomic E-state index is -4.48. The fraction of sp³-hybridized carbons (Fsp3) is 0.333. The SMILES string of the molecule is CCNC(=NCc1cc(F)ccc1F)NCc1nc(C(F)(F)F)cs1. The quantitative estimate of drug-likeness (QED) is 0.474. The summed E-state index contributed by atoms with van der Waals surface area (Å²) in [5.41, 5.74) is -0.871. The van der Waals surface area contributed by atoms with Crippen molar-refractivity contribution in [3.05, 3.63) is 51.5 Å². The second-order valence-electron chi connectivity index (χ2n) is 4.91. The van der Waals surface area contributed by atoms with Crippen LogP contribution in [-0.2, 0) is 19.3 Å². The van der Waals surface area contributed by atoms with Crippen LogP contribution in [-0.4, -0.2) is 17.5 Å². The van der Waals surface area contributed by atoms with Gasteiger partial charge in [0, 0.05) is 17.5 Å². The molecule has 2 rings (SSSR count). The molecule has 0 aliphatic heterocycles. The normalized spacial score (nSPS) is 12.3. The summed E-state index contributed by atoms with van der Waals surface area (Å²) in [5.74, 6) is -0.905. The predicted octanol–water partition coefficient (Wildman–Crippen LogP) is 3.70. The van der Waals surface area contributed by atoms with Gasteiger partial charge >= 0.3 is 6.18 Å². The van der Waals surface area contributed by atoms with Crippen molar-refractivity contribution in [1.29, 1.82) is 0 Å². The molecule has 0 radical (unpaired) electrons. The van der Waals surface area contributed by atoms with Crippen LogP contribution >= 0.6 is 11.3 Å². The lowest BCUT2D eigenvalue weighted by Crippen LogP contribution is -2.36. The Bertz CT molecular complexity index is 742. The fourth-order valence-electron chi connectivity index (χ4n) is 1.85. The van der Waals surface area contributed by atoms with E-state index in [-0.39, 0.29) is 29.6 Å². The third-order valence-corrected chi connectivity index (χ3v) is 3.86. The van der Waals surface area contributed by atoms with Gasteiger partial charge in [-0.15, -0.1) is 11.3 Å². The van der Waals surface area contributed by atoms with E-state index in [1.807, 2.05) is 0 Å². The standard InChI is InChI=1S/C15H15F5N4S/c1-2-21-14(22-6-9-5-10(16)3-4-11(9)17)23-7-13-24-12(8-25-13)15(18,19)20/h3-5,8H,2,6-7H2,1H3,(H2,21,22,23). The number of nitrogens with zero attached hydrogens (tertiary/aromatic N) is 2. The van der Waals surface area contributed by atoms with Gasteiger partial charge in [-0.3, -0.25) is 0 Å². The number of hydrogen-bond donors (Lipinski definition) is 2. The minimum Gasteiger partial charge on any atom is -0.357 e. The van der Waals surface area contributed by atoms with E-state index in [0.29, 0.717) is 6.54 Å². The zero-order chi connectivity index (χ0) is 18.4. The molecule has 0 unspecified atom stereocenters. The van der Waals surface area contributed by atoms with Crippen LogP contribution in [0.4, 0.5) is 22.0 Å². The van der Waals surface area contributed by atoms with E-state index < -0.39 is 23.5 Å². The molecule has 0 atom stereocenters. The maximum absolute atomic E-state index is 13.6. The van der Waals surface area contributed by atoms with Gasteiger partial charge in [-0.25, -0.2) is 18.8 Å². The Labute approximate surface area is 144 Å². The highest BCUT2D eigenvalue weighted by molar-refractivity contribution is 7.09. The van der Waals surface area contributed by atoms with E-state index in [0.717, 1.165) is 34.9 Å². The maximum Gasteiger partial charge on any atom is 0.434 e. The Balaban J connectivity index is 2.02. The van der Waals surface area contributed by atoms with Crippen LogP contribution < -0.4 is 10.6 Å². The highest BCUT2D eigenvalue weighted by atomic mass is 32.1. The minimum absolute atomic E-state index is 0.0260. The molecule has 0 fully saturated rings. The van der Waals surface area contributed by atoms with Gasteiger partial charge in [-0.05, 0) is 25.1 Å². The summed E-state index contributed by atoms with van der Waals surface area (Å²) in [6.07, 6.45) is -4.48. The van der Waals surface area contributed by atoms with Gasteiger partial charge in [0.25, 0.3) is 0 Å². The fourth-order valence-corrected chi connectivity index (χ4v) is 2.59. The van der Waals surface area contributed by atoms with Crippen molar-refractivity contribution in [2.45, 2.75) is 26.2 Å². The van der Waals surface area contributed by atoms with Gasteiger partial charge in [0.2, 0.25) is 0 Å². The van der Waals surface area contributed by atoms with Crippen molar-refractivity contribution in [2.24, 2.45) is 4.99 Å². The average molecular weight is 378 g/mol. The van der Waals surface area contributed by atoms with Crippen LogP contribution in [0, 0.1) is 11.6 Å². The number of thiazole rings is 1. The van der Waals surface area contributed by atoms with Crippen molar-refractivity contribution >= 4 is 17.3 Å². The number of rotatable bonds is 5. The summed E-state index contributed by atoms with van der Waals surface area (Å²) in [6, 6.07) is 3.06. The van der Waals surface area contributed by atoms with Gasteiger partial charge in [-0.1, -0.05) is 0 Å². The molecule has 2 N–H and O–H groups in total. The third-order valence-electron chi connectivity index (χ3n) is 3.01. The third kappa shape index (κ3) is 5.66. The second-order valence-corrected chi connectivity index (χ2v) is 5.85. The number of nitrogens with one attached hydrogen (secondary N) is 2. The zero-order valence-corrected chi connectivity index (χ0v) is 13.9. The highest BCUT2D eigenvalue weighted by Crippen LogP contribution is 2.29. The summed E-state index contributed by atoms with van der Waals surface area (Å²) in [7, 11) is 0. The molecule has 25 heavy (non-hydrogen) atoms. The van der Waals surface area contributed by atoms with Crippen LogP contribution in [0.25, 0.3) is 0 Å². The molecule has 4 nitrogen and oxygen atoms in total. The van der Waals surface area contributed by atoms with Gasteiger partial charge in [0.15, 0.2) is 11.7 Å². The molecule has 0 aliphatic rings. The number of guanidine groups is 1. The first-order valence-electron chi connectivity index (χ1n) is 7.27. The summed E-state index contributed by atoms with van der Waals surface area (Å²) in [6.45, 7) is 2.19. The van der Waals surface area contributed by atoms with Crippen LogP contribution in [0.5, 0.6) is 0 Å². The molecular formula is C15H15F5N4S. The van der Waals surface area contributed by atoms with Crippen molar-refractivity contribution in [3.63, 3.8) is 0 Å². The van der Waals surface area contributed by atoms with E-state index >= 15 is 0 Å². The number of aliphatic imine (C=N–C) groups is 1. The monoisotopic (exact) mass is 378 g/mol. The molecule has 2 aromatic rings. The first-order valence-corrected chi connectivity index (χ1v) is 8.15. The van der Waals surface area contributed by atoms with Crippen LogP contribution in [0.3, 0.4) is 0 Å². The Hall–Kier alpha value is -2.23. The molecule has 0 aliphatic carbocycles. The molecule has 0 amide bonds. The van der Waals surface area contributed by atoms with Crippen molar-refractivity contribution in [1.82, 2.24) is 15.6 Å². The van der Waals surface area contributed by atoms with Crippen LogP contribution in [0.1, 0.15) is 23.2 Å². The number of alkyl halides is 3. The van der Waals surface area contributed by atoms with Crippen LogP contribution in [0.15, 0.2) is 28.6 Å². The van der Waals surface area contributed by atoms with E-state index in [1.165, 1.54) is 0 Å². The van der Waals surface area contributed by atoms with Gasteiger partial charge in [-0.2, -0.15) is 13.2 Å². The lowest BCUT2D eigenvalue weighted by atomic mass is 10.2. The highest BCUT2D eigenvalue weighted by Gasteiger charge is 2.33. The van der Waals surface area contributed by atoms with E-state index in [9.17, 15) is 22.0 Å². The van der Waals surface area contributed by atoms with Gasteiger partial charge in [0.1, 0.15) is 16.6 Å². The smallest absolute Gasteiger partial charge is 0.357 e. The summed E-state index contributed by atoms with van der Waals surface area (Å²) < 4.78 is 64.3. The predicted molar refractivity (Wildman–Crippen MR) is 85.1 cm³/mol. The Morgan fingerprint density at radius 1 is 1.24 bits per heavy atom. The number of hydrogen-bond acceptors (Lipinski definition) is 3. The Kier molecular flexibility index (Phi) is 6.29. The lowest BCUT2D eigenvalue weighted by molar-refractivity contribution is -0.140. The molecule has 1 aromatic heterocycles. The zero-order valence-electron chi connectivity index (χ0n) is 13.1. The van der Waals surface area contributed by atoms with Crippen molar-refractivity contribution < 1.29 is 22.0 Å². The first-order chi connectivity index (χ1) is 11.8. The molecule has 10 heteroatoms. The average Bonchev–Trinajstić information content (AvgIpc) is 3.02. The van der Waals surface area contributed by atoms with Crippen molar-refractivity contribution in [2.75, 3.05) is 6.54 Å². The molecule has 1 heterocycles. The number of halogens is 5. The molecule has 1 aromatic carbocycles. The molecule has 136 valence electrons. The van der Waals surface area contributed by atoms with Gasteiger partial charge < -0.3 is 10.6 Å². The first kappa shape index (κ1) is 19.1. The van der Waals surface area contributed by atoms with E-state index in [2.05, 4.69) is 20.6 Å². The summed E-state index contributed by atoms with van der Waals surface area (Å²) >= 11 is 0.869. The lowest BCUT2D eigenvalue weighted by Gasteiger charge is -2.10. The molecule has 0 saturated heterocycles. The number of aromatic nitrogens is 1. The molecule has 0 saturated carbocycles. The van der Waals surface area contributed by atoms with Gasteiger partial charge in [0.05, 0.1) is 13.1 Å². The molecule has 0 spiro atoms. The second kappa shape index (κ2) is 8.24. The number of benzene rings is 1. The Morgan fingerprint density at radius 2 is 2.00 bits per heavy atom. The van der Waals surface area contributed by atoms with Crippen molar-refractivity contribution in [3.8, 4) is 0 Å². The Morgan fingerprint density at radius 3 is 2.64 bits per heavy atom. The molecule has 0 bridgehead atoms. The van der Waals surface area contributed by atoms with E-state index in [4.69, 9.17) is 0 Å². The van der Waals surface area contributed by atoms with Crippen LogP contribution in [0.2, 0.25) is 0 Å². The topological polar surface area (TPSA) is 49.3 Å². The largest absolute Gasteiger partial charge is 0.434 e.